The molecule has 1 saturated carbocycles. The van der Waals surface area contributed by atoms with Gasteiger partial charge >= 0.3 is 0 Å². The number of ether oxygens (including phenoxy) is 2. The molecule has 1 fully saturated rings. The zero-order valence-electron chi connectivity index (χ0n) is 19.5. The van der Waals surface area contributed by atoms with Crippen molar-refractivity contribution in [1.82, 2.24) is 25.3 Å². The van der Waals surface area contributed by atoms with Gasteiger partial charge in [0.25, 0.3) is 0 Å². The van der Waals surface area contributed by atoms with Gasteiger partial charge in [0.05, 0.1) is 41.8 Å². The lowest BCUT2D eigenvalue weighted by atomic mass is 9.74. The van der Waals surface area contributed by atoms with Crippen molar-refractivity contribution in [3.05, 3.63) is 23.5 Å². The lowest BCUT2D eigenvalue weighted by Gasteiger charge is -2.35. The Balaban J connectivity index is 1.69. The van der Waals surface area contributed by atoms with Crippen LogP contribution in [-0.2, 0) is 27.9 Å². The van der Waals surface area contributed by atoms with Crippen molar-refractivity contribution in [3.8, 4) is 17.1 Å². The number of carbonyl (C=O) groups is 2. The summed E-state index contributed by atoms with van der Waals surface area (Å²) in [6.07, 6.45) is 4.39. The second-order valence-corrected chi connectivity index (χ2v) is 8.59. The largest absolute Gasteiger partial charge is 0.488 e. The standard InChI is InChI=1S/C23H33N5O5/c1-4-10-32-13-21(31)24-12-19-22(26-27-28(19)3)18-7-8-20(16(2)25-18)33-17-6-5-9-23(11-17,14-29)15-30/h7-8,14,17,30H,4-6,9-13,15H2,1-3H3,(H,24,31)/t17-,23?/m0/s1. The molecule has 180 valence electrons. The highest BCUT2D eigenvalue weighted by atomic mass is 16.5. The number of pyridine rings is 1. The van der Waals surface area contributed by atoms with Crippen LogP contribution in [0.25, 0.3) is 11.4 Å². The predicted molar refractivity (Wildman–Crippen MR) is 120 cm³/mol. The Bertz CT molecular complexity index is 963. The van der Waals surface area contributed by atoms with Gasteiger partial charge in [0, 0.05) is 13.7 Å². The van der Waals surface area contributed by atoms with E-state index in [1.54, 1.807) is 11.7 Å². The molecule has 1 amide bonds. The van der Waals surface area contributed by atoms with Crippen LogP contribution in [-0.4, -0.2) is 63.2 Å². The van der Waals surface area contributed by atoms with Crippen LogP contribution in [0.15, 0.2) is 12.1 Å². The summed E-state index contributed by atoms with van der Waals surface area (Å²) < 4.78 is 13.0. The number of amides is 1. The van der Waals surface area contributed by atoms with E-state index in [-0.39, 0.29) is 31.8 Å². The van der Waals surface area contributed by atoms with Gasteiger partial charge in [-0.2, -0.15) is 0 Å². The number of aliphatic hydroxyl groups excluding tert-OH is 1. The van der Waals surface area contributed by atoms with Gasteiger partial charge in [-0.3, -0.25) is 4.79 Å². The van der Waals surface area contributed by atoms with Crippen molar-refractivity contribution in [3.63, 3.8) is 0 Å². The van der Waals surface area contributed by atoms with Crippen molar-refractivity contribution in [2.75, 3.05) is 19.8 Å². The van der Waals surface area contributed by atoms with E-state index in [9.17, 15) is 14.7 Å². The van der Waals surface area contributed by atoms with Gasteiger partial charge in [-0.15, -0.1) is 5.10 Å². The number of aldehydes is 1. The first kappa shape index (κ1) is 24.8. The van der Waals surface area contributed by atoms with Crippen molar-refractivity contribution in [1.29, 1.82) is 0 Å². The molecule has 2 heterocycles. The van der Waals surface area contributed by atoms with Gasteiger partial charge in [-0.25, -0.2) is 9.67 Å². The number of aliphatic hydroxyl groups is 1. The third kappa shape index (κ3) is 6.14. The van der Waals surface area contributed by atoms with Gasteiger partial charge in [0.1, 0.15) is 24.3 Å². The molecule has 2 atom stereocenters. The molecule has 1 aliphatic carbocycles. The van der Waals surface area contributed by atoms with Crippen molar-refractivity contribution < 1.29 is 24.2 Å². The summed E-state index contributed by atoms with van der Waals surface area (Å²) in [5.41, 5.74) is 1.91. The molecule has 0 radical (unpaired) electrons. The zero-order chi connectivity index (χ0) is 23.8. The lowest BCUT2D eigenvalue weighted by Crippen LogP contribution is -2.38. The average Bonchev–Trinajstić information content (AvgIpc) is 3.19. The Morgan fingerprint density at radius 1 is 1.42 bits per heavy atom. The molecule has 0 aromatic carbocycles. The number of rotatable bonds is 11. The van der Waals surface area contributed by atoms with Gasteiger partial charge in [0.15, 0.2) is 0 Å². The summed E-state index contributed by atoms with van der Waals surface area (Å²) in [6, 6.07) is 3.65. The first-order chi connectivity index (χ1) is 15.9. The Morgan fingerprint density at radius 3 is 2.94 bits per heavy atom. The van der Waals surface area contributed by atoms with Crippen molar-refractivity contribution in [2.45, 2.75) is 58.6 Å². The number of carbonyl (C=O) groups excluding carboxylic acids is 2. The van der Waals surface area contributed by atoms with E-state index in [4.69, 9.17) is 9.47 Å². The molecule has 0 aliphatic heterocycles. The maximum absolute atomic E-state index is 12.0. The molecule has 0 bridgehead atoms. The minimum absolute atomic E-state index is 0.0146. The number of aromatic nitrogens is 4. The van der Waals surface area contributed by atoms with Crippen LogP contribution in [0.1, 0.15) is 50.4 Å². The van der Waals surface area contributed by atoms with Crippen molar-refractivity contribution >= 4 is 12.2 Å². The highest BCUT2D eigenvalue weighted by Crippen LogP contribution is 2.36. The number of aryl methyl sites for hydroxylation is 2. The van der Waals surface area contributed by atoms with E-state index in [2.05, 4.69) is 20.6 Å². The summed E-state index contributed by atoms with van der Waals surface area (Å²) in [7, 11) is 1.76. The third-order valence-corrected chi connectivity index (χ3v) is 5.95. The quantitative estimate of drug-likeness (QED) is 0.384. The fourth-order valence-corrected chi connectivity index (χ4v) is 4.03. The molecule has 10 heteroatoms. The molecule has 0 spiro atoms. The van der Waals surface area contributed by atoms with E-state index >= 15 is 0 Å². The first-order valence-corrected chi connectivity index (χ1v) is 11.4. The molecule has 2 aromatic rings. The normalized spacial score (nSPS) is 20.4. The molecule has 2 aromatic heterocycles. The van der Waals surface area contributed by atoms with Crippen LogP contribution in [0.5, 0.6) is 5.75 Å². The first-order valence-electron chi connectivity index (χ1n) is 11.4. The highest BCUT2D eigenvalue weighted by Gasteiger charge is 2.37. The van der Waals surface area contributed by atoms with Crippen LogP contribution in [0, 0.1) is 12.3 Å². The monoisotopic (exact) mass is 459 g/mol. The van der Waals surface area contributed by atoms with E-state index in [0.717, 1.165) is 31.2 Å². The zero-order valence-corrected chi connectivity index (χ0v) is 19.5. The predicted octanol–water partition coefficient (Wildman–Crippen LogP) is 1.73. The summed E-state index contributed by atoms with van der Waals surface area (Å²) in [5.74, 6) is 0.431. The fraction of sp³-hybridized carbons (Fsp3) is 0.609. The SMILES string of the molecule is CCCOCC(=O)NCc1c(-c2ccc(O[C@H]3CCCC(C=O)(CO)C3)c(C)n2)nnn1C. The summed E-state index contributed by atoms with van der Waals surface area (Å²) in [5, 5.41) is 20.8. The third-order valence-electron chi connectivity index (χ3n) is 5.95. The topological polar surface area (TPSA) is 128 Å². The smallest absolute Gasteiger partial charge is 0.246 e. The van der Waals surface area contributed by atoms with E-state index < -0.39 is 5.41 Å². The summed E-state index contributed by atoms with van der Waals surface area (Å²) in [4.78, 5) is 28.1. The number of hydrogen-bond acceptors (Lipinski definition) is 8. The number of nitrogens with one attached hydrogen (secondary N) is 1. The van der Waals surface area contributed by atoms with Crippen LogP contribution in [0.4, 0.5) is 0 Å². The molecule has 2 N–H and O–H groups in total. The van der Waals surface area contributed by atoms with Gasteiger partial charge < -0.3 is 24.7 Å². The molecular formula is C23H33N5O5. The Hall–Kier alpha value is -2.85. The van der Waals surface area contributed by atoms with Gasteiger partial charge in [-0.1, -0.05) is 12.1 Å². The molecule has 10 nitrogen and oxygen atoms in total. The molecular weight excluding hydrogens is 426 g/mol. The summed E-state index contributed by atoms with van der Waals surface area (Å²) in [6.45, 7) is 4.48. The van der Waals surface area contributed by atoms with Crippen LogP contribution < -0.4 is 10.1 Å². The van der Waals surface area contributed by atoms with Crippen LogP contribution >= 0.6 is 0 Å². The second kappa shape index (κ2) is 11.3. The maximum atomic E-state index is 12.0. The average molecular weight is 460 g/mol. The molecule has 1 unspecified atom stereocenters. The molecule has 1 aliphatic rings. The Labute approximate surface area is 193 Å². The minimum atomic E-state index is -0.718. The second-order valence-electron chi connectivity index (χ2n) is 8.59. The Kier molecular flexibility index (Phi) is 8.51. The number of nitrogens with zero attached hydrogens (tertiary/aromatic N) is 4. The van der Waals surface area contributed by atoms with E-state index in [1.807, 2.05) is 26.0 Å². The fourth-order valence-electron chi connectivity index (χ4n) is 4.03. The molecule has 33 heavy (non-hydrogen) atoms. The lowest BCUT2D eigenvalue weighted by molar-refractivity contribution is -0.126. The highest BCUT2D eigenvalue weighted by molar-refractivity contribution is 5.77. The summed E-state index contributed by atoms with van der Waals surface area (Å²) >= 11 is 0. The van der Waals surface area contributed by atoms with E-state index in [0.29, 0.717) is 42.3 Å². The number of hydrogen-bond donors (Lipinski definition) is 2. The molecule has 0 saturated heterocycles. The van der Waals surface area contributed by atoms with Gasteiger partial charge in [-0.05, 0) is 51.2 Å². The van der Waals surface area contributed by atoms with Crippen molar-refractivity contribution in [2.24, 2.45) is 12.5 Å². The minimum Gasteiger partial charge on any atom is -0.488 e. The van der Waals surface area contributed by atoms with Crippen LogP contribution in [0.2, 0.25) is 0 Å². The Morgan fingerprint density at radius 2 is 2.24 bits per heavy atom. The van der Waals surface area contributed by atoms with Crippen LogP contribution in [0.3, 0.4) is 0 Å². The maximum Gasteiger partial charge on any atom is 0.246 e. The molecule has 3 rings (SSSR count). The van der Waals surface area contributed by atoms with Gasteiger partial charge in [0.2, 0.25) is 5.91 Å². The van der Waals surface area contributed by atoms with E-state index in [1.165, 1.54) is 0 Å².